The van der Waals surface area contributed by atoms with Crippen molar-refractivity contribution in [2.24, 2.45) is 0 Å². The first-order chi connectivity index (χ1) is 16.1. The number of carbonyl (C=O) groups is 1. The van der Waals surface area contributed by atoms with Crippen LogP contribution in [0.3, 0.4) is 0 Å². The number of hydrogen-bond donors (Lipinski definition) is 2. The predicted octanol–water partition coefficient (Wildman–Crippen LogP) is 5.69. The highest BCUT2D eigenvalue weighted by atomic mass is 35.5. The van der Waals surface area contributed by atoms with Gasteiger partial charge in [0.25, 0.3) is 0 Å². The third kappa shape index (κ3) is 4.88. The molecule has 0 fully saturated rings. The number of benzene rings is 2. The fourth-order valence-electron chi connectivity index (χ4n) is 4.00. The Balaban J connectivity index is 1.94. The van der Waals surface area contributed by atoms with Crippen LogP contribution in [0.25, 0.3) is 22.4 Å². The van der Waals surface area contributed by atoms with Gasteiger partial charge in [0.2, 0.25) is 11.8 Å². The van der Waals surface area contributed by atoms with Gasteiger partial charge in [-0.25, -0.2) is 4.98 Å². The molecule has 2 N–H and O–H groups in total. The topological polar surface area (TPSA) is 95.2 Å². The summed E-state index contributed by atoms with van der Waals surface area (Å²) in [6.07, 6.45) is -0.646. The molecular weight excluding hydrogens is 473 g/mol. The lowest BCUT2D eigenvalue weighted by Gasteiger charge is -2.37. The van der Waals surface area contributed by atoms with Crippen molar-refractivity contribution in [1.29, 1.82) is 5.26 Å². The molecule has 0 spiro atoms. The van der Waals surface area contributed by atoms with Crippen LogP contribution in [0.1, 0.15) is 44.4 Å². The predicted molar refractivity (Wildman–Crippen MR) is 132 cm³/mol. The number of halogens is 2. The molecule has 174 valence electrons. The van der Waals surface area contributed by atoms with Gasteiger partial charge in [-0.15, -0.1) is 0 Å². The summed E-state index contributed by atoms with van der Waals surface area (Å²) in [5.74, 6) is -0.0961. The summed E-state index contributed by atoms with van der Waals surface area (Å²) in [5.41, 5.74) is 3.37. The maximum Gasteiger partial charge on any atom is 0.249 e. The highest BCUT2D eigenvalue weighted by Crippen LogP contribution is 2.44. The van der Waals surface area contributed by atoms with E-state index in [2.05, 4.69) is 11.4 Å². The second kappa shape index (κ2) is 9.27. The number of nitrogens with zero attached hydrogens (tertiary/aromatic N) is 2. The number of rotatable bonds is 4. The number of aromatic nitrogens is 1. The quantitative estimate of drug-likeness (QED) is 0.484. The fraction of sp³-hybridized carbons (Fsp3) is 0.269. The van der Waals surface area contributed by atoms with Gasteiger partial charge in [-0.3, -0.25) is 4.79 Å². The molecule has 3 aromatic rings. The van der Waals surface area contributed by atoms with Gasteiger partial charge >= 0.3 is 0 Å². The van der Waals surface area contributed by atoms with E-state index >= 15 is 0 Å². The summed E-state index contributed by atoms with van der Waals surface area (Å²) in [7, 11) is 0. The second-order valence-corrected chi connectivity index (χ2v) is 9.74. The molecule has 8 heteroatoms. The van der Waals surface area contributed by atoms with Crippen molar-refractivity contribution >= 4 is 29.1 Å². The van der Waals surface area contributed by atoms with Crippen LogP contribution < -0.4 is 10.1 Å². The third-order valence-corrected chi connectivity index (χ3v) is 6.23. The molecule has 0 radical (unpaired) electrons. The van der Waals surface area contributed by atoms with Crippen molar-refractivity contribution < 1.29 is 14.6 Å². The molecule has 1 aliphatic rings. The number of ether oxygens (including phenoxy) is 1. The minimum Gasteiger partial charge on any atom is -0.471 e. The highest BCUT2D eigenvalue weighted by molar-refractivity contribution is 6.33. The number of aliphatic hydroxyl groups is 1. The van der Waals surface area contributed by atoms with E-state index in [9.17, 15) is 15.2 Å². The van der Waals surface area contributed by atoms with Gasteiger partial charge < -0.3 is 15.2 Å². The average molecular weight is 496 g/mol. The fourth-order valence-corrected chi connectivity index (χ4v) is 4.40. The summed E-state index contributed by atoms with van der Waals surface area (Å²) in [5, 5.41) is 22.9. The highest BCUT2D eigenvalue weighted by Gasteiger charge is 2.37. The zero-order chi connectivity index (χ0) is 24.6. The summed E-state index contributed by atoms with van der Waals surface area (Å²) >= 11 is 12.7. The van der Waals surface area contributed by atoms with Crippen molar-refractivity contribution in [2.45, 2.75) is 44.9 Å². The van der Waals surface area contributed by atoms with Crippen molar-refractivity contribution in [2.75, 3.05) is 0 Å². The first kappa shape index (κ1) is 24.0. The lowest BCUT2D eigenvalue weighted by molar-refractivity contribution is -0.129. The van der Waals surface area contributed by atoms with E-state index in [4.69, 9.17) is 32.9 Å². The van der Waals surface area contributed by atoms with E-state index in [1.54, 1.807) is 30.3 Å². The van der Waals surface area contributed by atoms with Crippen LogP contribution in [-0.2, 0) is 4.79 Å². The van der Waals surface area contributed by atoms with Crippen molar-refractivity contribution in [3.8, 4) is 34.3 Å². The zero-order valence-corrected chi connectivity index (χ0v) is 20.4. The summed E-state index contributed by atoms with van der Waals surface area (Å²) < 4.78 is 6.21. The Kier molecular flexibility index (Phi) is 6.55. The molecule has 0 saturated heterocycles. The minimum absolute atomic E-state index is 0.375. The minimum atomic E-state index is -1.14. The Hall–Kier alpha value is -3.11. The molecular formula is C26H23Cl2N3O3. The van der Waals surface area contributed by atoms with Gasteiger partial charge in [0.1, 0.15) is 11.7 Å². The van der Waals surface area contributed by atoms with E-state index in [-0.39, 0.29) is 0 Å². The molecule has 6 nitrogen and oxygen atoms in total. The molecule has 4 rings (SSSR count). The normalized spacial score (nSPS) is 17.1. The van der Waals surface area contributed by atoms with Gasteiger partial charge in [-0.05, 0) is 62.7 Å². The molecule has 0 bridgehead atoms. The number of amides is 1. The second-order valence-electron chi connectivity index (χ2n) is 8.90. The van der Waals surface area contributed by atoms with Crippen LogP contribution in [0.4, 0.5) is 0 Å². The summed E-state index contributed by atoms with van der Waals surface area (Å²) in [4.78, 5) is 17.2. The van der Waals surface area contributed by atoms with E-state index in [0.717, 1.165) is 11.1 Å². The first-order valence-corrected chi connectivity index (χ1v) is 11.5. The number of aliphatic hydroxyl groups excluding tert-OH is 1. The monoisotopic (exact) mass is 495 g/mol. The van der Waals surface area contributed by atoms with Gasteiger partial charge in [-0.1, -0.05) is 35.3 Å². The van der Waals surface area contributed by atoms with Crippen molar-refractivity contribution in [3.63, 3.8) is 0 Å². The van der Waals surface area contributed by atoms with Crippen LogP contribution in [0.2, 0.25) is 10.0 Å². The van der Waals surface area contributed by atoms with Crippen molar-refractivity contribution in [3.05, 3.63) is 69.7 Å². The maximum atomic E-state index is 12.3. The molecule has 1 amide bonds. The summed E-state index contributed by atoms with van der Waals surface area (Å²) in [6, 6.07) is 16.0. The number of hydrogen-bond acceptors (Lipinski definition) is 5. The van der Waals surface area contributed by atoms with Gasteiger partial charge in [0, 0.05) is 28.1 Å². The molecule has 2 heterocycles. The van der Waals surface area contributed by atoms with Crippen LogP contribution in [-0.4, -0.2) is 27.7 Å². The lowest BCUT2D eigenvalue weighted by atomic mass is 9.88. The number of nitriles is 1. The van der Waals surface area contributed by atoms with Gasteiger partial charge in [-0.2, -0.15) is 5.26 Å². The van der Waals surface area contributed by atoms with Crippen LogP contribution in [0, 0.1) is 11.3 Å². The smallest absolute Gasteiger partial charge is 0.249 e. The van der Waals surface area contributed by atoms with E-state index in [1.807, 2.05) is 32.0 Å². The Morgan fingerprint density at radius 2 is 1.91 bits per heavy atom. The first-order valence-electron chi connectivity index (χ1n) is 10.8. The third-order valence-electron chi connectivity index (χ3n) is 5.66. The Morgan fingerprint density at radius 1 is 1.21 bits per heavy atom. The zero-order valence-electron chi connectivity index (χ0n) is 18.9. The van der Waals surface area contributed by atoms with E-state index in [0.29, 0.717) is 44.7 Å². The Bertz CT molecular complexity index is 1300. The Labute approximate surface area is 208 Å². The molecule has 34 heavy (non-hydrogen) atoms. The number of nitrogens with one attached hydrogen (secondary N) is 1. The van der Waals surface area contributed by atoms with Crippen LogP contribution >= 0.6 is 23.2 Å². The standard InChI is InChI=1S/C26H23Cl2N3O3/c1-14(32)24(33)30-22-12-26(2,3)34-25-20(22)11-19(16-5-7-17(27)8-6-16)23(31-25)18-9-4-15(13-29)10-21(18)28/h4-11,14,22,32H,12H2,1-3H3,(H,30,33)/t14-,22?/m0/s1. The lowest BCUT2D eigenvalue weighted by Crippen LogP contribution is -2.44. The average Bonchev–Trinajstić information content (AvgIpc) is 2.78. The Morgan fingerprint density at radius 3 is 2.53 bits per heavy atom. The summed E-state index contributed by atoms with van der Waals surface area (Å²) in [6.45, 7) is 5.26. The SMILES string of the molecule is C[C@H](O)C(=O)NC1CC(C)(C)Oc2nc(-c3ccc(C#N)cc3Cl)c(-c3ccc(Cl)cc3)cc21. The van der Waals surface area contributed by atoms with Gasteiger partial charge in [0.15, 0.2) is 0 Å². The molecule has 2 atom stereocenters. The van der Waals surface area contributed by atoms with Crippen molar-refractivity contribution in [1.82, 2.24) is 10.3 Å². The molecule has 1 aromatic heterocycles. The molecule has 0 aliphatic carbocycles. The van der Waals surface area contributed by atoms with E-state index in [1.165, 1.54) is 6.92 Å². The van der Waals surface area contributed by atoms with Crippen LogP contribution in [0.5, 0.6) is 5.88 Å². The largest absolute Gasteiger partial charge is 0.471 e. The molecule has 1 aliphatic heterocycles. The van der Waals surface area contributed by atoms with E-state index < -0.39 is 23.7 Å². The molecule has 0 saturated carbocycles. The number of pyridine rings is 1. The molecule has 1 unspecified atom stereocenters. The van der Waals surface area contributed by atoms with Gasteiger partial charge in [0.05, 0.1) is 28.4 Å². The number of carbonyl (C=O) groups excluding carboxylic acids is 1. The van der Waals surface area contributed by atoms with Crippen LogP contribution in [0.15, 0.2) is 48.5 Å². The number of fused-ring (bicyclic) bond motifs is 1. The molecule has 2 aromatic carbocycles. The maximum absolute atomic E-state index is 12.3.